The molecule has 1 aromatic heterocycles. The predicted molar refractivity (Wildman–Crippen MR) is 129 cm³/mol. The summed E-state index contributed by atoms with van der Waals surface area (Å²) >= 11 is 0. The van der Waals surface area contributed by atoms with Crippen LogP contribution in [0.1, 0.15) is 42.4 Å². The molecule has 4 rings (SSSR count). The topological polar surface area (TPSA) is 72.9 Å². The molecule has 0 bridgehead atoms. The molecule has 0 saturated carbocycles. The first-order valence-electron chi connectivity index (χ1n) is 11.5. The van der Waals surface area contributed by atoms with Gasteiger partial charge in [-0.2, -0.15) is 4.98 Å². The first-order valence-corrected chi connectivity index (χ1v) is 11.5. The van der Waals surface area contributed by atoms with Gasteiger partial charge in [0.25, 0.3) is 5.91 Å². The number of piperazine rings is 1. The highest BCUT2D eigenvalue weighted by Gasteiger charge is 2.36. The minimum atomic E-state index is -0.0504. The summed E-state index contributed by atoms with van der Waals surface area (Å²) in [7, 11) is 0. The number of aromatic nitrogens is 2. The van der Waals surface area contributed by atoms with Crippen LogP contribution < -0.4 is 9.80 Å². The quantitative estimate of drug-likeness (QED) is 0.607. The maximum Gasteiger partial charge on any atom is 0.273 e. The smallest absolute Gasteiger partial charge is 0.273 e. The van der Waals surface area contributed by atoms with Gasteiger partial charge in [-0.1, -0.05) is 36.4 Å². The molecule has 8 nitrogen and oxygen atoms in total. The summed E-state index contributed by atoms with van der Waals surface area (Å²) in [6.45, 7) is 13.9. The van der Waals surface area contributed by atoms with Gasteiger partial charge in [-0.25, -0.2) is 4.98 Å². The fourth-order valence-electron chi connectivity index (χ4n) is 4.39. The average molecular weight is 449 g/mol. The third kappa shape index (κ3) is 4.69. The summed E-state index contributed by atoms with van der Waals surface area (Å²) in [5.74, 6) is 1.36. The summed E-state index contributed by atoms with van der Waals surface area (Å²) in [6.07, 6.45) is 1.86. The second-order valence-electron chi connectivity index (χ2n) is 8.85. The molecular formula is C25H32N6O2. The first-order chi connectivity index (χ1) is 15.9. The molecule has 0 radical (unpaired) electrons. The predicted octanol–water partition coefficient (Wildman–Crippen LogP) is 2.70. The lowest BCUT2D eigenvalue weighted by atomic mass is 10.1. The number of amides is 2. The van der Waals surface area contributed by atoms with E-state index in [2.05, 4.69) is 28.5 Å². The molecule has 1 saturated heterocycles. The van der Waals surface area contributed by atoms with E-state index in [1.807, 2.05) is 47.9 Å². The van der Waals surface area contributed by atoms with E-state index in [4.69, 9.17) is 9.97 Å². The third-order valence-corrected chi connectivity index (χ3v) is 6.26. The molecule has 0 spiro atoms. The maximum atomic E-state index is 13.2. The maximum absolute atomic E-state index is 13.2. The number of rotatable bonds is 7. The van der Waals surface area contributed by atoms with Gasteiger partial charge in [-0.3, -0.25) is 9.59 Å². The highest BCUT2D eigenvalue weighted by molar-refractivity contribution is 5.98. The van der Waals surface area contributed by atoms with Crippen molar-refractivity contribution < 1.29 is 9.59 Å². The van der Waals surface area contributed by atoms with Crippen molar-refractivity contribution in [2.75, 3.05) is 42.5 Å². The highest BCUT2D eigenvalue weighted by atomic mass is 16.2. The van der Waals surface area contributed by atoms with E-state index in [0.717, 1.165) is 16.9 Å². The van der Waals surface area contributed by atoms with Gasteiger partial charge in [0, 0.05) is 57.8 Å². The van der Waals surface area contributed by atoms with E-state index < -0.39 is 0 Å². The standard InChI is InChI=1S/C25H32N6O2/c1-5-11-30(16-20-9-7-6-8-10-20)23-21-17-31(18(2)3)24(33)22(21)26-25(27-23)29-14-12-28(13-15-29)19(4)32/h5-10,18H,1,11-17H2,2-4H3. The van der Waals surface area contributed by atoms with Crippen molar-refractivity contribution in [1.82, 2.24) is 19.8 Å². The molecule has 3 heterocycles. The Morgan fingerprint density at radius 2 is 1.85 bits per heavy atom. The normalized spacial score (nSPS) is 15.8. The van der Waals surface area contributed by atoms with Crippen molar-refractivity contribution >= 4 is 23.6 Å². The second kappa shape index (κ2) is 9.60. The number of anilines is 2. The summed E-state index contributed by atoms with van der Waals surface area (Å²) in [6, 6.07) is 10.3. The van der Waals surface area contributed by atoms with Crippen molar-refractivity contribution in [3.8, 4) is 0 Å². The minimum Gasteiger partial charge on any atom is -0.348 e. The molecule has 1 fully saturated rings. The van der Waals surface area contributed by atoms with E-state index in [1.54, 1.807) is 6.92 Å². The van der Waals surface area contributed by atoms with Crippen LogP contribution in [0.25, 0.3) is 0 Å². The van der Waals surface area contributed by atoms with Crippen LogP contribution in [0.5, 0.6) is 0 Å². The SMILES string of the molecule is C=CCN(Cc1ccccc1)c1nc(N2CCN(C(C)=O)CC2)nc2c1CN(C(C)C)C2=O. The number of hydrogen-bond donors (Lipinski definition) is 0. The zero-order valence-electron chi connectivity index (χ0n) is 19.7. The molecule has 2 aliphatic rings. The van der Waals surface area contributed by atoms with E-state index in [-0.39, 0.29) is 17.9 Å². The largest absolute Gasteiger partial charge is 0.348 e. The number of carbonyl (C=O) groups excluding carboxylic acids is 2. The lowest BCUT2D eigenvalue weighted by molar-refractivity contribution is -0.129. The van der Waals surface area contributed by atoms with Gasteiger partial charge in [-0.05, 0) is 19.4 Å². The Bertz CT molecular complexity index is 1030. The van der Waals surface area contributed by atoms with Gasteiger partial charge in [0.2, 0.25) is 11.9 Å². The molecule has 2 amide bonds. The van der Waals surface area contributed by atoms with Crippen LogP contribution in [0.3, 0.4) is 0 Å². The summed E-state index contributed by atoms with van der Waals surface area (Å²) in [4.78, 5) is 42.6. The molecule has 174 valence electrons. The van der Waals surface area contributed by atoms with Crippen LogP contribution in [0.15, 0.2) is 43.0 Å². The molecule has 8 heteroatoms. The number of benzene rings is 1. The van der Waals surface area contributed by atoms with Crippen molar-refractivity contribution in [1.29, 1.82) is 0 Å². The van der Waals surface area contributed by atoms with Crippen molar-refractivity contribution in [3.63, 3.8) is 0 Å². The summed E-state index contributed by atoms with van der Waals surface area (Å²) in [5.41, 5.74) is 2.52. The molecule has 2 aliphatic heterocycles. The Kier molecular flexibility index (Phi) is 6.62. The first kappa shape index (κ1) is 22.8. The van der Waals surface area contributed by atoms with Crippen LogP contribution in [0.4, 0.5) is 11.8 Å². The Morgan fingerprint density at radius 3 is 2.45 bits per heavy atom. The third-order valence-electron chi connectivity index (χ3n) is 6.26. The fourth-order valence-corrected chi connectivity index (χ4v) is 4.39. The lowest BCUT2D eigenvalue weighted by Gasteiger charge is -2.35. The van der Waals surface area contributed by atoms with E-state index in [9.17, 15) is 9.59 Å². The van der Waals surface area contributed by atoms with Gasteiger partial charge in [0.05, 0.1) is 6.54 Å². The Morgan fingerprint density at radius 1 is 1.15 bits per heavy atom. The van der Waals surface area contributed by atoms with Crippen molar-refractivity contribution in [2.24, 2.45) is 0 Å². The molecule has 0 unspecified atom stereocenters. The molecule has 33 heavy (non-hydrogen) atoms. The second-order valence-corrected chi connectivity index (χ2v) is 8.85. The van der Waals surface area contributed by atoms with Crippen LogP contribution in [0.2, 0.25) is 0 Å². The number of carbonyl (C=O) groups is 2. The van der Waals surface area contributed by atoms with E-state index >= 15 is 0 Å². The fraction of sp³-hybridized carbons (Fsp3) is 0.440. The number of nitrogens with zero attached hydrogens (tertiary/aromatic N) is 6. The van der Waals surface area contributed by atoms with Crippen LogP contribution in [-0.4, -0.2) is 70.3 Å². The summed E-state index contributed by atoms with van der Waals surface area (Å²) < 4.78 is 0. The van der Waals surface area contributed by atoms with E-state index in [1.165, 1.54) is 0 Å². The van der Waals surface area contributed by atoms with Crippen LogP contribution in [0, 0.1) is 0 Å². The molecule has 0 aliphatic carbocycles. The van der Waals surface area contributed by atoms with Crippen molar-refractivity contribution in [3.05, 3.63) is 59.8 Å². The number of hydrogen-bond acceptors (Lipinski definition) is 6. The number of fused-ring (bicyclic) bond motifs is 1. The Labute approximate surface area is 195 Å². The van der Waals surface area contributed by atoms with Crippen LogP contribution in [-0.2, 0) is 17.9 Å². The van der Waals surface area contributed by atoms with Gasteiger partial charge in [-0.15, -0.1) is 6.58 Å². The van der Waals surface area contributed by atoms with Crippen LogP contribution >= 0.6 is 0 Å². The monoisotopic (exact) mass is 448 g/mol. The minimum absolute atomic E-state index is 0.0504. The lowest BCUT2D eigenvalue weighted by Crippen LogP contribution is -2.48. The highest BCUT2D eigenvalue weighted by Crippen LogP contribution is 2.33. The van der Waals surface area contributed by atoms with Gasteiger partial charge in [0.15, 0.2) is 0 Å². The molecule has 1 aromatic carbocycles. The molecule has 0 atom stereocenters. The van der Waals surface area contributed by atoms with Gasteiger partial charge >= 0.3 is 0 Å². The molecule has 2 aromatic rings. The van der Waals surface area contributed by atoms with Gasteiger partial charge < -0.3 is 19.6 Å². The molecular weight excluding hydrogens is 416 g/mol. The van der Waals surface area contributed by atoms with E-state index in [0.29, 0.717) is 57.5 Å². The Hall–Kier alpha value is -3.42. The average Bonchev–Trinajstić information content (AvgIpc) is 3.16. The summed E-state index contributed by atoms with van der Waals surface area (Å²) in [5, 5.41) is 0. The zero-order chi connectivity index (χ0) is 23.5. The Balaban J connectivity index is 1.73. The van der Waals surface area contributed by atoms with Gasteiger partial charge in [0.1, 0.15) is 11.5 Å². The zero-order valence-corrected chi connectivity index (χ0v) is 19.7. The van der Waals surface area contributed by atoms with Crippen molar-refractivity contribution in [2.45, 2.75) is 39.9 Å². The molecule has 0 N–H and O–H groups in total.